The molecular formula is C18H12Cl2N4O6. The van der Waals surface area contributed by atoms with Gasteiger partial charge in [0.1, 0.15) is 11.7 Å². The number of hydrogen-bond donors (Lipinski definition) is 2. The van der Waals surface area contributed by atoms with Crippen molar-refractivity contribution in [3.05, 3.63) is 84.1 Å². The normalized spacial score (nSPS) is 11.8. The van der Waals surface area contributed by atoms with Crippen molar-refractivity contribution in [1.29, 1.82) is 0 Å². The Balaban J connectivity index is 2.08. The molecule has 1 unspecified atom stereocenters. The van der Waals surface area contributed by atoms with E-state index in [1.807, 2.05) is 0 Å². The zero-order chi connectivity index (χ0) is 22.0. The lowest BCUT2D eigenvalue weighted by atomic mass is 9.97. The fourth-order valence-electron chi connectivity index (χ4n) is 2.89. The summed E-state index contributed by atoms with van der Waals surface area (Å²) in [5, 5.41) is 31.3. The Morgan fingerprint density at radius 3 is 2.17 bits per heavy atom. The van der Waals surface area contributed by atoms with Gasteiger partial charge in [-0.25, -0.2) is 4.98 Å². The van der Waals surface area contributed by atoms with Crippen molar-refractivity contribution in [2.24, 2.45) is 0 Å². The number of imidazole rings is 1. The number of rotatable bonds is 7. The standard InChI is InChI=1S/C18H12Cl2N4O6/c19-14-12(23(27)28)7-10(8-13(14)24(29)30)17-21-15(16(20)22-17)11(18(25)26)6-9-4-2-1-3-5-9/h1-5,7-8,11H,6H2,(H,21,22)(H,25,26). The van der Waals surface area contributed by atoms with Crippen LogP contribution >= 0.6 is 23.2 Å². The fraction of sp³-hybridized carbons (Fsp3) is 0.111. The molecule has 0 fully saturated rings. The molecule has 1 aromatic heterocycles. The molecule has 3 rings (SSSR count). The molecule has 0 spiro atoms. The molecule has 2 aromatic carbocycles. The van der Waals surface area contributed by atoms with Crippen LogP contribution in [0.15, 0.2) is 42.5 Å². The number of H-pyrrole nitrogens is 1. The van der Waals surface area contributed by atoms with Crippen molar-refractivity contribution in [1.82, 2.24) is 9.97 Å². The Hall–Kier alpha value is -3.50. The monoisotopic (exact) mass is 450 g/mol. The topological polar surface area (TPSA) is 152 Å². The van der Waals surface area contributed by atoms with Crippen molar-refractivity contribution in [3.63, 3.8) is 0 Å². The number of carboxylic acid groups (broad SMARTS) is 1. The van der Waals surface area contributed by atoms with Gasteiger partial charge < -0.3 is 10.1 Å². The molecule has 0 aliphatic heterocycles. The number of nitrogens with one attached hydrogen (secondary N) is 1. The number of carboxylic acids is 1. The van der Waals surface area contributed by atoms with Crippen molar-refractivity contribution in [2.45, 2.75) is 12.3 Å². The molecular weight excluding hydrogens is 439 g/mol. The van der Waals surface area contributed by atoms with E-state index < -0.39 is 38.1 Å². The second-order valence-corrected chi connectivity index (χ2v) is 6.95. The van der Waals surface area contributed by atoms with E-state index in [4.69, 9.17) is 23.2 Å². The highest BCUT2D eigenvalue weighted by Gasteiger charge is 2.29. The number of aromatic nitrogens is 2. The van der Waals surface area contributed by atoms with Crippen LogP contribution in [-0.4, -0.2) is 30.9 Å². The minimum Gasteiger partial charge on any atom is -0.481 e. The predicted octanol–water partition coefficient (Wildman–Crippen LogP) is 4.61. The molecule has 10 nitrogen and oxygen atoms in total. The summed E-state index contributed by atoms with van der Waals surface area (Å²) in [4.78, 5) is 39.3. The molecule has 1 atom stereocenters. The summed E-state index contributed by atoms with van der Waals surface area (Å²) in [5.41, 5.74) is -0.587. The first kappa shape index (κ1) is 21.2. The number of halogens is 2. The Morgan fingerprint density at radius 2 is 1.67 bits per heavy atom. The Kier molecular flexibility index (Phi) is 5.99. The highest BCUT2D eigenvalue weighted by Crippen LogP contribution is 2.38. The SMILES string of the molecule is O=C(O)C(Cc1ccccc1)c1[nH]c(-c2cc([N+](=O)[O-])c(Cl)c([N+](=O)[O-])c2)nc1Cl. The first-order valence-electron chi connectivity index (χ1n) is 8.33. The largest absolute Gasteiger partial charge is 0.481 e. The van der Waals surface area contributed by atoms with Crippen LogP contribution in [0.1, 0.15) is 17.2 Å². The highest BCUT2D eigenvalue weighted by atomic mass is 35.5. The summed E-state index contributed by atoms with van der Waals surface area (Å²) in [7, 11) is 0. The quantitative estimate of drug-likeness (QED) is 0.393. The van der Waals surface area contributed by atoms with Gasteiger partial charge in [-0.05, 0) is 12.0 Å². The number of aliphatic carboxylic acids is 1. The molecule has 0 aliphatic carbocycles. The summed E-state index contributed by atoms with van der Waals surface area (Å²) in [6, 6.07) is 10.8. The van der Waals surface area contributed by atoms with E-state index in [9.17, 15) is 30.1 Å². The third-order valence-corrected chi connectivity index (χ3v) is 4.99. The number of benzene rings is 2. The van der Waals surface area contributed by atoms with Crippen LogP contribution in [0.3, 0.4) is 0 Å². The summed E-state index contributed by atoms with van der Waals surface area (Å²) in [5.74, 6) is -2.31. The lowest BCUT2D eigenvalue weighted by Gasteiger charge is -2.11. The molecule has 0 saturated heterocycles. The van der Waals surface area contributed by atoms with Crippen LogP contribution in [0.4, 0.5) is 11.4 Å². The van der Waals surface area contributed by atoms with Crippen LogP contribution in [0.2, 0.25) is 10.2 Å². The second-order valence-electron chi connectivity index (χ2n) is 6.21. The molecule has 1 heterocycles. The Morgan fingerprint density at radius 1 is 1.10 bits per heavy atom. The van der Waals surface area contributed by atoms with E-state index in [2.05, 4.69) is 9.97 Å². The molecule has 12 heteroatoms. The van der Waals surface area contributed by atoms with Gasteiger partial charge in [-0.2, -0.15) is 0 Å². The number of nitro benzene ring substituents is 2. The van der Waals surface area contributed by atoms with Crippen LogP contribution in [0.5, 0.6) is 0 Å². The smallest absolute Gasteiger partial charge is 0.312 e. The number of nitrogens with zero attached hydrogens (tertiary/aromatic N) is 3. The molecule has 2 N–H and O–H groups in total. The fourth-order valence-corrected chi connectivity index (χ4v) is 3.40. The maximum absolute atomic E-state index is 11.8. The third-order valence-electron chi connectivity index (χ3n) is 4.32. The molecule has 0 saturated carbocycles. The van der Waals surface area contributed by atoms with Crippen LogP contribution in [0.25, 0.3) is 11.4 Å². The maximum atomic E-state index is 11.8. The van der Waals surface area contributed by atoms with Gasteiger partial charge in [-0.1, -0.05) is 53.5 Å². The lowest BCUT2D eigenvalue weighted by molar-refractivity contribution is -0.393. The van der Waals surface area contributed by atoms with Crippen molar-refractivity contribution in [2.75, 3.05) is 0 Å². The molecule has 30 heavy (non-hydrogen) atoms. The Labute approximate surface area is 178 Å². The number of hydrogen-bond acceptors (Lipinski definition) is 6. The van der Waals surface area contributed by atoms with Gasteiger partial charge in [0.05, 0.1) is 15.5 Å². The minimum atomic E-state index is -1.16. The van der Waals surface area contributed by atoms with E-state index in [1.165, 1.54) is 0 Å². The summed E-state index contributed by atoms with van der Waals surface area (Å²) in [6.45, 7) is 0. The van der Waals surface area contributed by atoms with E-state index in [-0.39, 0.29) is 28.7 Å². The minimum absolute atomic E-state index is 0.0326. The van der Waals surface area contributed by atoms with E-state index in [0.29, 0.717) is 0 Å². The number of carbonyl (C=O) groups is 1. The molecule has 0 aliphatic rings. The van der Waals surface area contributed by atoms with Gasteiger partial charge in [0.25, 0.3) is 11.4 Å². The van der Waals surface area contributed by atoms with Gasteiger partial charge in [-0.3, -0.25) is 25.0 Å². The first-order chi connectivity index (χ1) is 14.2. The first-order valence-corrected chi connectivity index (χ1v) is 9.09. The zero-order valence-electron chi connectivity index (χ0n) is 14.9. The Bertz CT molecular complexity index is 1110. The summed E-state index contributed by atoms with van der Waals surface area (Å²) < 4.78 is 0. The van der Waals surface area contributed by atoms with Crippen LogP contribution in [0, 0.1) is 20.2 Å². The van der Waals surface area contributed by atoms with E-state index in [1.54, 1.807) is 30.3 Å². The number of nitro groups is 2. The molecule has 0 bridgehead atoms. The average Bonchev–Trinajstić information content (AvgIpc) is 3.07. The van der Waals surface area contributed by atoms with Gasteiger partial charge >= 0.3 is 5.97 Å². The van der Waals surface area contributed by atoms with Crippen molar-refractivity contribution in [3.8, 4) is 11.4 Å². The van der Waals surface area contributed by atoms with Gasteiger partial charge in [0.15, 0.2) is 10.2 Å². The van der Waals surface area contributed by atoms with Gasteiger partial charge in [-0.15, -0.1) is 0 Å². The molecule has 0 amide bonds. The zero-order valence-corrected chi connectivity index (χ0v) is 16.4. The summed E-state index contributed by atoms with van der Waals surface area (Å²) >= 11 is 11.9. The summed E-state index contributed by atoms with van der Waals surface area (Å²) in [6.07, 6.45) is 0.110. The van der Waals surface area contributed by atoms with Crippen molar-refractivity contribution >= 4 is 40.5 Å². The predicted molar refractivity (Wildman–Crippen MR) is 108 cm³/mol. The lowest BCUT2D eigenvalue weighted by Crippen LogP contribution is -2.15. The van der Waals surface area contributed by atoms with Gasteiger partial charge in [0, 0.05) is 17.7 Å². The number of aromatic amines is 1. The third kappa shape index (κ3) is 4.24. The highest BCUT2D eigenvalue weighted by molar-refractivity contribution is 6.35. The van der Waals surface area contributed by atoms with E-state index in [0.717, 1.165) is 17.7 Å². The van der Waals surface area contributed by atoms with E-state index >= 15 is 0 Å². The second kappa shape index (κ2) is 8.47. The van der Waals surface area contributed by atoms with Crippen LogP contribution in [-0.2, 0) is 11.2 Å². The molecule has 0 radical (unpaired) electrons. The maximum Gasteiger partial charge on any atom is 0.312 e. The van der Waals surface area contributed by atoms with Gasteiger partial charge in [0.2, 0.25) is 0 Å². The molecule has 154 valence electrons. The average molecular weight is 451 g/mol. The molecule has 3 aromatic rings. The van der Waals surface area contributed by atoms with Crippen LogP contribution < -0.4 is 0 Å². The van der Waals surface area contributed by atoms with Crippen molar-refractivity contribution < 1.29 is 19.7 Å².